The number of thioether (sulfide) groups is 1. The van der Waals surface area contributed by atoms with Gasteiger partial charge in [0.1, 0.15) is 0 Å². The molecule has 0 aliphatic carbocycles. The van der Waals surface area contributed by atoms with Gasteiger partial charge in [-0.05, 0) is 31.4 Å². The Hall–Kier alpha value is -1.26. The number of hydrogen-bond donors (Lipinski definition) is 1. The normalized spacial score (nSPS) is 12.1. The Morgan fingerprint density at radius 1 is 1.30 bits per heavy atom. The number of imidazole rings is 1. The zero-order valence-corrected chi connectivity index (χ0v) is 13.3. The third-order valence-corrected chi connectivity index (χ3v) is 4.39. The molecule has 0 amide bonds. The van der Waals surface area contributed by atoms with Crippen LogP contribution in [0.15, 0.2) is 41.8 Å². The second-order valence-electron chi connectivity index (χ2n) is 5.89. The minimum Gasteiger partial charge on any atom is -0.390 e. The van der Waals surface area contributed by atoms with Crippen LogP contribution in [-0.4, -0.2) is 26.0 Å². The predicted molar refractivity (Wildman–Crippen MR) is 84.7 cm³/mol. The molecule has 0 unspecified atom stereocenters. The number of aliphatic hydroxyl groups is 1. The Morgan fingerprint density at radius 2 is 2.00 bits per heavy atom. The first-order valence-electron chi connectivity index (χ1n) is 6.86. The van der Waals surface area contributed by atoms with E-state index in [2.05, 4.69) is 41.6 Å². The van der Waals surface area contributed by atoms with Gasteiger partial charge >= 0.3 is 0 Å². The monoisotopic (exact) mass is 290 g/mol. The summed E-state index contributed by atoms with van der Waals surface area (Å²) >= 11 is 1.58. The largest absolute Gasteiger partial charge is 0.390 e. The lowest BCUT2D eigenvalue weighted by atomic mass is 10.0. The lowest BCUT2D eigenvalue weighted by Gasteiger charge is -2.18. The molecule has 0 spiro atoms. The van der Waals surface area contributed by atoms with Crippen molar-refractivity contribution in [2.45, 2.75) is 44.4 Å². The Bertz CT molecular complexity index is 570. The molecular weight excluding hydrogens is 268 g/mol. The van der Waals surface area contributed by atoms with Crippen LogP contribution in [0.3, 0.4) is 0 Å². The molecule has 20 heavy (non-hydrogen) atoms. The summed E-state index contributed by atoms with van der Waals surface area (Å²) in [5.74, 6) is 1.08. The molecule has 1 heterocycles. The topological polar surface area (TPSA) is 38.0 Å². The van der Waals surface area contributed by atoms with Gasteiger partial charge < -0.3 is 5.11 Å². The highest BCUT2D eigenvalue weighted by Crippen LogP contribution is 2.28. The third-order valence-electron chi connectivity index (χ3n) is 2.98. The number of hydrogen-bond acceptors (Lipinski definition) is 3. The van der Waals surface area contributed by atoms with Crippen molar-refractivity contribution >= 4 is 11.8 Å². The molecule has 2 aromatic rings. The SMILES string of the molecule is CC(C)c1ccccc1-n1ccnc1SCC(C)(C)O. The predicted octanol–water partition coefficient (Wildman–Crippen LogP) is 3.86. The van der Waals surface area contributed by atoms with Crippen LogP contribution in [0.5, 0.6) is 0 Å². The fourth-order valence-electron chi connectivity index (χ4n) is 2.02. The summed E-state index contributed by atoms with van der Waals surface area (Å²) in [7, 11) is 0. The van der Waals surface area contributed by atoms with Crippen LogP contribution in [0.25, 0.3) is 5.69 Å². The first-order chi connectivity index (χ1) is 9.38. The maximum absolute atomic E-state index is 9.86. The van der Waals surface area contributed by atoms with Gasteiger partial charge in [-0.1, -0.05) is 43.8 Å². The molecule has 1 aromatic heterocycles. The minimum atomic E-state index is -0.695. The molecule has 4 heteroatoms. The van der Waals surface area contributed by atoms with Gasteiger partial charge in [0.15, 0.2) is 5.16 Å². The van der Waals surface area contributed by atoms with E-state index in [0.717, 1.165) is 5.16 Å². The van der Waals surface area contributed by atoms with Gasteiger partial charge in [-0.25, -0.2) is 4.98 Å². The zero-order chi connectivity index (χ0) is 14.8. The molecule has 108 valence electrons. The Balaban J connectivity index is 2.33. The van der Waals surface area contributed by atoms with E-state index in [1.165, 1.54) is 11.3 Å². The smallest absolute Gasteiger partial charge is 0.172 e. The molecule has 1 N–H and O–H groups in total. The molecule has 0 saturated heterocycles. The summed E-state index contributed by atoms with van der Waals surface area (Å²) in [4.78, 5) is 4.41. The van der Waals surface area contributed by atoms with Crippen LogP contribution >= 0.6 is 11.8 Å². The number of rotatable bonds is 5. The van der Waals surface area contributed by atoms with E-state index in [0.29, 0.717) is 11.7 Å². The Kier molecular flexibility index (Phi) is 4.55. The summed E-state index contributed by atoms with van der Waals surface area (Å²) in [5, 5.41) is 10.8. The molecule has 0 radical (unpaired) electrons. The molecule has 3 nitrogen and oxygen atoms in total. The second kappa shape index (κ2) is 6.02. The van der Waals surface area contributed by atoms with Crippen molar-refractivity contribution in [3.8, 4) is 5.69 Å². The van der Waals surface area contributed by atoms with Gasteiger partial charge in [-0.15, -0.1) is 0 Å². The van der Waals surface area contributed by atoms with Crippen LogP contribution < -0.4 is 0 Å². The molecule has 0 atom stereocenters. The van der Waals surface area contributed by atoms with Crippen LogP contribution in [0.4, 0.5) is 0 Å². The summed E-state index contributed by atoms with van der Waals surface area (Å²) in [6, 6.07) is 8.39. The lowest BCUT2D eigenvalue weighted by Crippen LogP contribution is -2.22. The summed E-state index contributed by atoms with van der Waals surface area (Å²) < 4.78 is 2.10. The molecule has 0 saturated carbocycles. The maximum Gasteiger partial charge on any atom is 0.172 e. The highest BCUT2D eigenvalue weighted by atomic mass is 32.2. The van der Waals surface area contributed by atoms with Gasteiger partial charge in [0.2, 0.25) is 0 Å². The fourth-order valence-corrected chi connectivity index (χ4v) is 2.93. The molecule has 1 aromatic carbocycles. The van der Waals surface area contributed by atoms with E-state index in [9.17, 15) is 5.11 Å². The summed E-state index contributed by atoms with van der Waals surface area (Å²) in [6.45, 7) is 8.02. The fraction of sp³-hybridized carbons (Fsp3) is 0.438. The third kappa shape index (κ3) is 3.64. The van der Waals surface area contributed by atoms with Crippen LogP contribution in [-0.2, 0) is 0 Å². The number of para-hydroxylation sites is 1. The van der Waals surface area contributed by atoms with Crippen molar-refractivity contribution in [3.63, 3.8) is 0 Å². The van der Waals surface area contributed by atoms with Crippen molar-refractivity contribution in [1.29, 1.82) is 0 Å². The van der Waals surface area contributed by atoms with Crippen LogP contribution in [0, 0.1) is 0 Å². The molecular formula is C16H22N2OS. The average Bonchev–Trinajstić information content (AvgIpc) is 2.83. The minimum absolute atomic E-state index is 0.459. The highest BCUT2D eigenvalue weighted by Gasteiger charge is 2.16. The van der Waals surface area contributed by atoms with E-state index in [-0.39, 0.29) is 0 Å². The molecule has 0 bridgehead atoms. The van der Waals surface area contributed by atoms with E-state index in [1.807, 2.05) is 32.3 Å². The second-order valence-corrected chi connectivity index (χ2v) is 6.84. The van der Waals surface area contributed by atoms with E-state index < -0.39 is 5.60 Å². The first kappa shape index (κ1) is 15.1. The van der Waals surface area contributed by atoms with Gasteiger partial charge in [0.25, 0.3) is 0 Å². The molecule has 2 rings (SSSR count). The molecule has 0 fully saturated rings. The molecule has 0 aliphatic heterocycles. The van der Waals surface area contributed by atoms with E-state index in [4.69, 9.17) is 0 Å². The number of aromatic nitrogens is 2. The number of benzene rings is 1. The lowest BCUT2D eigenvalue weighted by molar-refractivity contribution is 0.107. The van der Waals surface area contributed by atoms with E-state index in [1.54, 1.807) is 11.8 Å². The van der Waals surface area contributed by atoms with Crippen molar-refractivity contribution in [2.75, 3.05) is 5.75 Å². The highest BCUT2D eigenvalue weighted by molar-refractivity contribution is 7.99. The average molecular weight is 290 g/mol. The quantitative estimate of drug-likeness (QED) is 0.850. The van der Waals surface area contributed by atoms with Crippen molar-refractivity contribution in [2.24, 2.45) is 0 Å². The molecule has 0 aliphatic rings. The van der Waals surface area contributed by atoms with E-state index >= 15 is 0 Å². The standard InChI is InChI=1S/C16H22N2OS/c1-12(2)13-7-5-6-8-14(13)18-10-9-17-15(18)20-11-16(3,4)19/h5-10,12,19H,11H2,1-4H3. The zero-order valence-electron chi connectivity index (χ0n) is 12.5. The summed E-state index contributed by atoms with van der Waals surface area (Å²) in [5.41, 5.74) is 1.77. The maximum atomic E-state index is 9.86. The van der Waals surface area contributed by atoms with Gasteiger partial charge in [-0.3, -0.25) is 4.57 Å². The Morgan fingerprint density at radius 3 is 2.65 bits per heavy atom. The Labute approximate surface area is 125 Å². The van der Waals surface area contributed by atoms with Crippen molar-refractivity contribution in [3.05, 3.63) is 42.2 Å². The number of nitrogens with zero attached hydrogens (tertiary/aromatic N) is 2. The first-order valence-corrected chi connectivity index (χ1v) is 7.85. The van der Waals surface area contributed by atoms with Crippen LogP contribution in [0.1, 0.15) is 39.2 Å². The van der Waals surface area contributed by atoms with Gasteiger partial charge in [0, 0.05) is 18.1 Å². The van der Waals surface area contributed by atoms with Crippen molar-refractivity contribution in [1.82, 2.24) is 9.55 Å². The van der Waals surface area contributed by atoms with Crippen LogP contribution in [0.2, 0.25) is 0 Å². The van der Waals surface area contributed by atoms with Crippen molar-refractivity contribution < 1.29 is 5.11 Å². The van der Waals surface area contributed by atoms with Gasteiger partial charge in [0.05, 0.1) is 11.3 Å². The van der Waals surface area contributed by atoms with Gasteiger partial charge in [-0.2, -0.15) is 0 Å². The summed E-state index contributed by atoms with van der Waals surface area (Å²) in [6.07, 6.45) is 3.79.